The number of nitrogens with zero attached hydrogens (tertiary/aromatic N) is 2. The molecule has 0 fully saturated rings. The van der Waals surface area contributed by atoms with E-state index in [0.717, 1.165) is 17.4 Å². The summed E-state index contributed by atoms with van der Waals surface area (Å²) in [5.41, 5.74) is -0.432. The molecule has 0 spiro atoms. The van der Waals surface area contributed by atoms with Gasteiger partial charge in [-0.05, 0) is 30.2 Å². The molecule has 2 N–H and O–H groups in total. The number of aromatic hydroxyl groups is 1. The van der Waals surface area contributed by atoms with Crippen molar-refractivity contribution in [3.63, 3.8) is 0 Å². The predicted octanol–water partition coefficient (Wildman–Crippen LogP) is 3.46. The third kappa shape index (κ3) is 4.97. The molecule has 3 rings (SSSR count). The summed E-state index contributed by atoms with van der Waals surface area (Å²) < 4.78 is 14.9. The number of ether oxygens (including phenoxy) is 3. The Balaban J connectivity index is 2.03. The average molecular weight is 496 g/mol. The van der Waals surface area contributed by atoms with Crippen LogP contribution in [0.1, 0.15) is 26.6 Å². The summed E-state index contributed by atoms with van der Waals surface area (Å²) in [5, 5.41) is 21.3. The van der Waals surface area contributed by atoms with Crippen molar-refractivity contribution in [2.75, 3.05) is 27.4 Å². The minimum absolute atomic E-state index is 0.00980. The Hall–Kier alpha value is -3.48. The van der Waals surface area contributed by atoms with Crippen LogP contribution < -0.4 is 10.3 Å². The van der Waals surface area contributed by atoms with Crippen molar-refractivity contribution < 1.29 is 29.0 Å². The van der Waals surface area contributed by atoms with Crippen LogP contribution >= 0.6 is 22.9 Å². The van der Waals surface area contributed by atoms with E-state index in [1.54, 1.807) is 6.92 Å². The number of hydrogen-bond donors (Lipinski definition) is 2. The Kier molecular flexibility index (Phi) is 7.31. The standard InChI is InChI=1S/C20H18ClN3O8S/c1-9-14-18(26)22-17(23-19(14)33-16(9)20(27)32-5-4-30-2)11(21)6-10-7-12(24(28)29)15(25)13(8-10)31-3/h6-8,25H,4-5H2,1-3H3,(H,22,23,26)/b11-6-. The number of hydrogen-bond acceptors (Lipinski definition) is 10. The first kappa shape index (κ1) is 24.2. The fourth-order valence-electron chi connectivity index (χ4n) is 2.94. The number of aromatic nitrogens is 2. The number of benzene rings is 1. The van der Waals surface area contributed by atoms with Gasteiger partial charge in [0.05, 0.1) is 29.1 Å². The molecule has 174 valence electrons. The number of carbonyl (C=O) groups is 1. The number of carbonyl (C=O) groups excluding carboxylic acids is 1. The normalized spacial score (nSPS) is 11.6. The van der Waals surface area contributed by atoms with Crippen LogP contribution in [0.25, 0.3) is 21.3 Å². The van der Waals surface area contributed by atoms with Gasteiger partial charge in [0, 0.05) is 13.2 Å². The van der Waals surface area contributed by atoms with E-state index in [1.165, 1.54) is 26.4 Å². The molecule has 0 aliphatic rings. The largest absolute Gasteiger partial charge is 0.500 e. The first-order valence-electron chi connectivity index (χ1n) is 9.30. The third-order valence-corrected chi connectivity index (χ3v) is 5.97. The zero-order valence-electron chi connectivity index (χ0n) is 17.6. The van der Waals surface area contributed by atoms with E-state index in [9.17, 15) is 24.8 Å². The van der Waals surface area contributed by atoms with Gasteiger partial charge < -0.3 is 24.3 Å². The quantitative estimate of drug-likeness (QED) is 0.207. The molecule has 2 heterocycles. The van der Waals surface area contributed by atoms with E-state index in [4.69, 9.17) is 25.8 Å². The van der Waals surface area contributed by atoms with E-state index in [2.05, 4.69) is 9.97 Å². The van der Waals surface area contributed by atoms with Crippen molar-refractivity contribution in [1.29, 1.82) is 0 Å². The number of nitro benzene ring substituents is 1. The van der Waals surface area contributed by atoms with Crippen molar-refractivity contribution >= 4 is 55.9 Å². The molecule has 0 bridgehead atoms. The number of phenols is 1. The maximum atomic E-state index is 12.7. The number of methoxy groups -OCH3 is 2. The zero-order chi connectivity index (χ0) is 24.3. The van der Waals surface area contributed by atoms with Crippen LogP contribution in [-0.4, -0.2) is 53.4 Å². The van der Waals surface area contributed by atoms with Crippen LogP contribution in [0.2, 0.25) is 0 Å². The molecule has 0 saturated heterocycles. The highest BCUT2D eigenvalue weighted by Gasteiger charge is 2.22. The topological polar surface area (TPSA) is 154 Å². The predicted molar refractivity (Wildman–Crippen MR) is 122 cm³/mol. The van der Waals surface area contributed by atoms with Gasteiger partial charge in [0.25, 0.3) is 5.56 Å². The molecule has 0 radical (unpaired) electrons. The maximum absolute atomic E-state index is 12.7. The zero-order valence-corrected chi connectivity index (χ0v) is 19.2. The van der Waals surface area contributed by atoms with Crippen molar-refractivity contribution in [3.8, 4) is 11.5 Å². The molecule has 0 aliphatic heterocycles. The number of phenolic OH excluding ortho intramolecular Hbond substituents is 1. The highest BCUT2D eigenvalue weighted by Crippen LogP contribution is 2.38. The third-order valence-electron chi connectivity index (χ3n) is 4.52. The van der Waals surface area contributed by atoms with Crippen LogP contribution in [0.4, 0.5) is 5.69 Å². The summed E-state index contributed by atoms with van der Waals surface area (Å²) in [6.45, 7) is 1.91. The molecule has 0 saturated carbocycles. The molecular weight excluding hydrogens is 478 g/mol. The number of esters is 1. The van der Waals surface area contributed by atoms with Crippen LogP contribution in [0.15, 0.2) is 16.9 Å². The van der Waals surface area contributed by atoms with Crippen LogP contribution in [0.3, 0.4) is 0 Å². The highest BCUT2D eigenvalue weighted by molar-refractivity contribution is 7.20. The molecule has 2 aromatic heterocycles. The number of rotatable bonds is 8. The lowest BCUT2D eigenvalue weighted by atomic mass is 10.1. The lowest BCUT2D eigenvalue weighted by Crippen LogP contribution is -2.11. The number of nitro groups is 1. The van der Waals surface area contributed by atoms with E-state index in [0.29, 0.717) is 5.56 Å². The molecule has 0 amide bonds. The Morgan fingerprint density at radius 2 is 2.09 bits per heavy atom. The Labute approximate surface area is 195 Å². The monoisotopic (exact) mass is 495 g/mol. The van der Waals surface area contributed by atoms with Crippen LogP contribution in [0, 0.1) is 17.0 Å². The number of H-pyrrole nitrogens is 1. The lowest BCUT2D eigenvalue weighted by molar-refractivity contribution is -0.386. The number of aryl methyl sites for hydroxylation is 1. The number of aromatic amines is 1. The number of fused-ring (bicyclic) bond motifs is 1. The minimum atomic E-state index is -0.767. The maximum Gasteiger partial charge on any atom is 0.348 e. The Morgan fingerprint density at radius 1 is 1.36 bits per heavy atom. The fourth-order valence-corrected chi connectivity index (χ4v) is 4.23. The SMILES string of the molecule is COCCOC(=O)c1sc2nc(/C(Cl)=C/c3cc(OC)c(O)c([N+](=O)[O-])c3)[nH]c(=O)c2c1C. The summed E-state index contributed by atoms with van der Waals surface area (Å²) in [6, 6.07) is 2.44. The van der Waals surface area contributed by atoms with Crippen LogP contribution in [0.5, 0.6) is 11.5 Å². The molecule has 0 unspecified atom stereocenters. The van der Waals surface area contributed by atoms with Gasteiger partial charge in [-0.2, -0.15) is 0 Å². The van der Waals surface area contributed by atoms with Crippen LogP contribution in [-0.2, 0) is 9.47 Å². The number of nitrogens with one attached hydrogen (secondary N) is 1. The van der Waals surface area contributed by atoms with E-state index in [1.807, 2.05) is 0 Å². The molecule has 13 heteroatoms. The van der Waals surface area contributed by atoms with E-state index in [-0.39, 0.29) is 50.5 Å². The van der Waals surface area contributed by atoms with Gasteiger partial charge in [0.2, 0.25) is 5.75 Å². The summed E-state index contributed by atoms with van der Waals surface area (Å²) in [6.07, 6.45) is 1.32. The van der Waals surface area contributed by atoms with Crippen molar-refractivity contribution in [2.24, 2.45) is 0 Å². The molecular formula is C20H18ClN3O8S. The second kappa shape index (κ2) is 9.98. The second-order valence-corrected chi connectivity index (χ2v) is 8.03. The van der Waals surface area contributed by atoms with Crippen molar-refractivity contribution in [1.82, 2.24) is 9.97 Å². The lowest BCUT2D eigenvalue weighted by Gasteiger charge is -2.06. The fraction of sp³-hybridized carbons (Fsp3) is 0.250. The van der Waals surface area contributed by atoms with Gasteiger partial charge in [-0.15, -0.1) is 11.3 Å². The molecule has 0 atom stereocenters. The summed E-state index contributed by atoms with van der Waals surface area (Å²) in [5.74, 6) is -1.35. The van der Waals surface area contributed by atoms with Gasteiger partial charge in [0.15, 0.2) is 11.6 Å². The van der Waals surface area contributed by atoms with Gasteiger partial charge in [0.1, 0.15) is 16.3 Å². The Bertz CT molecular complexity index is 1330. The van der Waals surface area contributed by atoms with E-state index < -0.39 is 27.9 Å². The number of halogens is 1. The van der Waals surface area contributed by atoms with Gasteiger partial charge >= 0.3 is 11.7 Å². The van der Waals surface area contributed by atoms with Crippen molar-refractivity contribution in [2.45, 2.75) is 6.92 Å². The smallest absolute Gasteiger partial charge is 0.348 e. The van der Waals surface area contributed by atoms with Gasteiger partial charge in [-0.1, -0.05) is 11.6 Å². The molecule has 11 nitrogen and oxygen atoms in total. The van der Waals surface area contributed by atoms with Gasteiger partial charge in [-0.3, -0.25) is 14.9 Å². The first-order chi connectivity index (χ1) is 15.7. The first-order valence-corrected chi connectivity index (χ1v) is 10.5. The number of thiophene rings is 1. The van der Waals surface area contributed by atoms with Crippen molar-refractivity contribution in [3.05, 3.63) is 54.4 Å². The Morgan fingerprint density at radius 3 is 2.73 bits per heavy atom. The summed E-state index contributed by atoms with van der Waals surface area (Å²) in [4.78, 5) is 42.8. The molecule has 1 aromatic carbocycles. The van der Waals surface area contributed by atoms with Gasteiger partial charge in [-0.25, -0.2) is 9.78 Å². The average Bonchev–Trinajstić information content (AvgIpc) is 3.11. The highest BCUT2D eigenvalue weighted by atomic mass is 35.5. The molecule has 0 aliphatic carbocycles. The minimum Gasteiger partial charge on any atom is -0.500 e. The van der Waals surface area contributed by atoms with E-state index >= 15 is 0 Å². The molecule has 33 heavy (non-hydrogen) atoms. The molecule has 3 aromatic rings. The summed E-state index contributed by atoms with van der Waals surface area (Å²) in [7, 11) is 2.73. The summed E-state index contributed by atoms with van der Waals surface area (Å²) >= 11 is 7.31. The second-order valence-electron chi connectivity index (χ2n) is 6.62.